The van der Waals surface area contributed by atoms with Gasteiger partial charge in [0.1, 0.15) is 0 Å². The molecule has 1 aliphatic carbocycles. The monoisotopic (exact) mass is 493 g/mol. The van der Waals surface area contributed by atoms with E-state index in [-0.39, 0.29) is 39.6 Å². The summed E-state index contributed by atoms with van der Waals surface area (Å²) in [6.07, 6.45) is 5.26. The number of hydrogen-bond donors (Lipinski definition) is 3. The summed E-state index contributed by atoms with van der Waals surface area (Å²) in [5.74, 6) is -1.18. The molecule has 2 aromatic rings. The highest BCUT2D eigenvalue weighted by Crippen LogP contribution is 2.36. The molecule has 0 unspecified atom stereocenters. The predicted octanol–water partition coefficient (Wildman–Crippen LogP) is 4.18. The van der Waals surface area contributed by atoms with Gasteiger partial charge in [-0.3, -0.25) is 14.4 Å². The first-order valence-corrected chi connectivity index (χ1v) is 11.2. The minimum absolute atomic E-state index is 0.0735. The average Bonchev–Trinajstić information content (AvgIpc) is 2.79. The lowest BCUT2D eigenvalue weighted by atomic mass is 9.95. The van der Waals surface area contributed by atoms with Crippen LogP contribution in [0, 0.1) is 0 Å². The van der Waals surface area contributed by atoms with Crippen molar-refractivity contribution >= 4 is 46.6 Å². The van der Waals surface area contributed by atoms with Crippen molar-refractivity contribution in [2.75, 3.05) is 19.0 Å². The first-order valence-electron chi connectivity index (χ1n) is 10.5. The molecule has 0 bridgehead atoms. The molecular formula is C23H25Cl2N3O5. The van der Waals surface area contributed by atoms with Crippen molar-refractivity contribution in [3.8, 4) is 11.5 Å². The van der Waals surface area contributed by atoms with E-state index >= 15 is 0 Å². The Morgan fingerprint density at radius 1 is 1.03 bits per heavy atom. The molecule has 0 aromatic heterocycles. The van der Waals surface area contributed by atoms with Gasteiger partial charge < -0.3 is 25.8 Å². The number of halogens is 2. The Morgan fingerprint density at radius 2 is 1.76 bits per heavy atom. The fraction of sp³-hybridized carbons (Fsp3) is 0.348. The van der Waals surface area contributed by atoms with Crippen molar-refractivity contribution in [3.05, 3.63) is 51.5 Å². The number of methoxy groups -OCH3 is 1. The third kappa shape index (κ3) is 6.52. The summed E-state index contributed by atoms with van der Waals surface area (Å²) in [4.78, 5) is 36.5. The fourth-order valence-electron chi connectivity index (χ4n) is 3.62. The Hall–Kier alpha value is -2.97. The third-order valence-electron chi connectivity index (χ3n) is 5.26. The number of benzene rings is 2. The van der Waals surface area contributed by atoms with E-state index in [1.54, 1.807) is 12.1 Å². The summed E-state index contributed by atoms with van der Waals surface area (Å²) < 4.78 is 10.5. The molecule has 0 spiro atoms. The van der Waals surface area contributed by atoms with Crippen molar-refractivity contribution < 1.29 is 23.9 Å². The highest BCUT2D eigenvalue weighted by atomic mass is 35.5. The molecule has 1 saturated carbocycles. The SMILES string of the molecule is COc1cc(C(=O)Nc2ccc(Cl)c(C(=O)NC3CCCCC3)c2)cc(Cl)c1OCC(N)=O. The standard InChI is InChI=1S/C23H25Cl2N3O5/c1-32-19-10-13(9-18(25)21(19)33-12-20(26)29)22(30)28-15-7-8-17(24)16(11-15)23(31)27-14-5-3-2-4-6-14/h7-11,14H,2-6,12H2,1H3,(H2,26,29)(H,27,31)(H,28,30). The molecule has 0 radical (unpaired) electrons. The molecule has 3 amide bonds. The zero-order chi connectivity index (χ0) is 24.0. The van der Waals surface area contributed by atoms with Gasteiger partial charge in [-0.2, -0.15) is 0 Å². The Balaban J connectivity index is 1.75. The van der Waals surface area contributed by atoms with Crippen LogP contribution < -0.4 is 25.8 Å². The van der Waals surface area contributed by atoms with Crippen LogP contribution in [0.1, 0.15) is 52.8 Å². The number of rotatable bonds is 8. The van der Waals surface area contributed by atoms with Crippen molar-refractivity contribution in [1.82, 2.24) is 5.32 Å². The first kappa shape index (κ1) is 24.7. The van der Waals surface area contributed by atoms with Crippen molar-refractivity contribution in [2.24, 2.45) is 5.73 Å². The summed E-state index contributed by atoms with van der Waals surface area (Å²) in [5.41, 5.74) is 5.95. The summed E-state index contributed by atoms with van der Waals surface area (Å²) in [5, 5.41) is 6.11. The number of ether oxygens (including phenoxy) is 2. The molecule has 1 aliphatic rings. The van der Waals surface area contributed by atoms with Gasteiger partial charge in [-0.25, -0.2) is 0 Å². The van der Waals surface area contributed by atoms with Crippen molar-refractivity contribution in [3.63, 3.8) is 0 Å². The van der Waals surface area contributed by atoms with Crippen LogP contribution in [-0.4, -0.2) is 37.5 Å². The highest BCUT2D eigenvalue weighted by Gasteiger charge is 2.20. The lowest BCUT2D eigenvalue weighted by Crippen LogP contribution is -2.36. The van der Waals surface area contributed by atoms with Gasteiger partial charge in [-0.05, 0) is 43.2 Å². The van der Waals surface area contributed by atoms with Crippen LogP contribution in [0.25, 0.3) is 0 Å². The molecule has 1 fully saturated rings. The number of primary amides is 1. The highest BCUT2D eigenvalue weighted by molar-refractivity contribution is 6.34. The second-order valence-corrected chi connectivity index (χ2v) is 8.52. The lowest BCUT2D eigenvalue weighted by molar-refractivity contribution is -0.119. The van der Waals surface area contributed by atoms with Gasteiger partial charge >= 0.3 is 0 Å². The predicted molar refractivity (Wildman–Crippen MR) is 126 cm³/mol. The molecule has 3 rings (SSSR count). The first-order chi connectivity index (χ1) is 15.8. The van der Waals surface area contributed by atoms with Gasteiger partial charge in [-0.1, -0.05) is 42.5 Å². The van der Waals surface area contributed by atoms with E-state index in [1.165, 1.54) is 31.7 Å². The van der Waals surface area contributed by atoms with Crippen LogP contribution in [0.4, 0.5) is 5.69 Å². The van der Waals surface area contributed by atoms with Crippen LogP contribution >= 0.6 is 23.2 Å². The van der Waals surface area contributed by atoms with E-state index in [0.717, 1.165) is 25.7 Å². The smallest absolute Gasteiger partial charge is 0.255 e. The van der Waals surface area contributed by atoms with Gasteiger partial charge in [0.25, 0.3) is 17.7 Å². The minimum atomic E-state index is -0.680. The molecule has 0 atom stereocenters. The van der Waals surface area contributed by atoms with E-state index in [4.69, 9.17) is 38.4 Å². The Bertz CT molecular complexity index is 1050. The van der Waals surface area contributed by atoms with E-state index in [1.807, 2.05) is 0 Å². The quantitative estimate of drug-likeness (QED) is 0.509. The van der Waals surface area contributed by atoms with Crippen molar-refractivity contribution in [1.29, 1.82) is 0 Å². The number of carbonyl (C=O) groups is 3. The molecule has 0 aliphatic heterocycles. The maximum Gasteiger partial charge on any atom is 0.255 e. The number of carbonyl (C=O) groups excluding carboxylic acids is 3. The third-order valence-corrected chi connectivity index (χ3v) is 5.87. The maximum absolute atomic E-state index is 12.8. The number of nitrogens with one attached hydrogen (secondary N) is 2. The zero-order valence-corrected chi connectivity index (χ0v) is 19.6. The topological polar surface area (TPSA) is 120 Å². The Labute approximate surface area is 201 Å². The molecule has 2 aromatic carbocycles. The average molecular weight is 494 g/mol. The molecular weight excluding hydrogens is 469 g/mol. The van der Waals surface area contributed by atoms with Gasteiger partial charge in [0.2, 0.25) is 0 Å². The normalized spacial score (nSPS) is 13.8. The Kier molecular flexibility index (Phi) is 8.41. The van der Waals surface area contributed by atoms with Gasteiger partial charge in [0, 0.05) is 17.3 Å². The fourth-order valence-corrected chi connectivity index (χ4v) is 4.09. The van der Waals surface area contributed by atoms with Gasteiger partial charge in [0.05, 0.1) is 22.7 Å². The van der Waals surface area contributed by atoms with E-state index < -0.39 is 18.4 Å². The second-order valence-electron chi connectivity index (χ2n) is 7.70. The molecule has 4 N–H and O–H groups in total. The van der Waals surface area contributed by atoms with Gasteiger partial charge in [0.15, 0.2) is 18.1 Å². The number of anilines is 1. The molecule has 0 heterocycles. The molecule has 176 valence electrons. The van der Waals surface area contributed by atoms with E-state index in [0.29, 0.717) is 10.7 Å². The molecule has 0 saturated heterocycles. The zero-order valence-electron chi connectivity index (χ0n) is 18.1. The van der Waals surface area contributed by atoms with E-state index in [9.17, 15) is 14.4 Å². The van der Waals surface area contributed by atoms with Crippen LogP contribution in [0.2, 0.25) is 10.0 Å². The number of nitrogens with two attached hydrogens (primary N) is 1. The van der Waals surface area contributed by atoms with E-state index in [2.05, 4.69) is 10.6 Å². The number of amides is 3. The minimum Gasteiger partial charge on any atom is -0.493 e. The summed E-state index contributed by atoms with van der Waals surface area (Å²) >= 11 is 12.5. The molecule has 8 nitrogen and oxygen atoms in total. The van der Waals surface area contributed by atoms with Crippen LogP contribution in [-0.2, 0) is 4.79 Å². The van der Waals surface area contributed by atoms with Crippen LogP contribution in [0.15, 0.2) is 30.3 Å². The second kappa shape index (κ2) is 11.2. The molecule has 33 heavy (non-hydrogen) atoms. The summed E-state index contributed by atoms with van der Waals surface area (Å²) in [6, 6.07) is 7.61. The Morgan fingerprint density at radius 3 is 2.42 bits per heavy atom. The lowest BCUT2D eigenvalue weighted by Gasteiger charge is -2.23. The van der Waals surface area contributed by atoms with Gasteiger partial charge in [-0.15, -0.1) is 0 Å². The maximum atomic E-state index is 12.8. The van der Waals surface area contributed by atoms with Crippen LogP contribution in [0.5, 0.6) is 11.5 Å². The summed E-state index contributed by atoms with van der Waals surface area (Å²) in [7, 11) is 1.38. The number of hydrogen-bond acceptors (Lipinski definition) is 5. The largest absolute Gasteiger partial charge is 0.493 e. The van der Waals surface area contributed by atoms with Crippen LogP contribution in [0.3, 0.4) is 0 Å². The molecule has 10 heteroatoms. The summed E-state index contributed by atoms with van der Waals surface area (Å²) in [6.45, 7) is -0.391. The van der Waals surface area contributed by atoms with Crippen molar-refractivity contribution in [2.45, 2.75) is 38.1 Å².